The van der Waals surface area contributed by atoms with Crippen LogP contribution in [0.3, 0.4) is 0 Å². The summed E-state index contributed by atoms with van der Waals surface area (Å²) in [5.74, 6) is 0.734. The predicted octanol–water partition coefficient (Wildman–Crippen LogP) is 5.47. The van der Waals surface area contributed by atoms with E-state index in [2.05, 4.69) is 30.3 Å². The van der Waals surface area contributed by atoms with Crippen molar-refractivity contribution in [2.24, 2.45) is 15.3 Å². The molecule has 1 saturated carbocycles. The fourth-order valence-electron chi connectivity index (χ4n) is 2.59. The third-order valence-electron chi connectivity index (χ3n) is 4.57. The predicted molar refractivity (Wildman–Crippen MR) is 116 cm³/mol. The van der Waals surface area contributed by atoms with Crippen LogP contribution in [0.1, 0.15) is 25.5 Å². The van der Waals surface area contributed by atoms with Crippen LogP contribution < -0.4 is 0 Å². The summed E-state index contributed by atoms with van der Waals surface area (Å²) in [6, 6.07) is 7.73. The minimum atomic E-state index is -2.82. The van der Waals surface area contributed by atoms with Crippen LogP contribution in [0.2, 0.25) is 0 Å². The molecule has 0 bridgehead atoms. The van der Waals surface area contributed by atoms with Gasteiger partial charge in [0.05, 0.1) is 36.8 Å². The molecule has 8 heteroatoms. The first kappa shape index (κ1) is 20.9. The fourth-order valence-corrected chi connectivity index (χ4v) is 5.45. The average Bonchev–Trinajstić information content (AvgIpc) is 3.46. The van der Waals surface area contributed by atoms with Crippen molar-refractivity contribution in [3.63, 3.8) is 0 Å². The first-order valence-corrected chi connectivity index (χ1v) is 11.7. The van der Waals surface area contributed by atoms with E-state index in [1.54, 1.807) is 18.5 Å². The molecule has 1 aliphatic carbocycles. The monoisotopic (exact) mass is 466 g/mol. The largest absolute Gasteiger partial charge is 0.366 e. The third-order valence-corrected chi connectivity index (χ3v) is 7.54. The van der Waals surface area contributed by atoms with Gasteiger partial charge < -0.3 is 4.90 Å². The molecule has 1 aromatic carbocycles. The summed E-state index contributed by atoms with van der Waals surface area (Å²) < 4.78 is 32.6. The highest BCUT2D eigenvalue weighted by Crippen LogP contribution is 2.36. The Morgan fingerprint density at radius 2 is 2.14 bits per heavy atom. The van der Waals surface area contributed by atoms with Gasteiger partial charge in [0.15, 0.2) is 5.82 Å². The van der Waals surface area contributed by atoms with Gasteiger partial charge in [-0.15, -0.1) is 0 Å². The number of aryl methyl sites for hydroxylation is 1. The van der Waals surface area contributed by atoms with Gasteiger partial charge in [0.1, 0.15) is 5.82 Å². The molecule has 0 spiro atoms. The van der Waals surface area contributed by atoms with Gasteiger partial charge in [-0.05, 0) is 72.8 Å². The summed E-state index contributed by atoms with van der Waals surface area (Å²) >= 11 is 3.48. The Hall–Kier alpha value is -1.80. The maximum atomic E-state index is 13.8. The van der Waals surface area contributed by atoms with Gasteiger partial charge in [-0.2, -0.15) is 4.36 Å². The average molecular weight is 467 g/mol. The third kappa shape index (κ3) is 5.17. The Morgan fingerprint density at radius 3 is 2.79 bits per heavy atom. The molecule has 0 N–H and O–H groups in total. The molecule has 0 aliphatic heterocycles. The molecule has 1 atom stereocenters. The first-order valence-electron chi connectivity index (χ1n) is 9.22. The number of pyridine rings is 1. The number of aliphatic imine (C=N–C) groups is 1. The van der Waals surface area contributed by atoms with E-state index in [-0.39, 0.29) is 0 Å². The quantitative estimate of drug-likeness (QED) is 0.401. The standard InChI is InChI=1S/C20H24BrFN4OS/c1-4-26(3)13-23-19-11-18(21)20(24-14(19)2)25-28(27,12-15-8-9-15)17-7-5-6-16(22)10-17/h5-7,10-11,13,15H,4,8-9,12H2,1-3H3. The number of rotatable bonds is 7. The van der Waals surface area contributed by atoms with Gasteiger partial charge in [-0.3, -0.25) is 0 Å². The van der Waals surface area contributed by atoms with Crippen molar-refractivity contribution in [3.8, 4) is 0 Å². The van der Waals surface area contributed by atoms with Crippen molar-refractivity contribution in [1.29, 1.82) is 0 Å². The molecule has 28 heavy (non-hydrogen) atoms. The fraction of sp³-hybridized carbons (Fsp3) is 0.400. The van der Waals surface area contributed by atoms with E-state index in [0.29, 0.717) is 38.2 Å². The topological polar surface area (TPSA) is 57.9 Å². The second kappa shape index (κ2) is 8.69. The highest BCUT2D eigenvalue weighted by atomic mass is 79.9. The summed E-state index contributed by atoms with van der Waals surface area (Å²) in [5.41, 5.74) is 1.40. The van der Waals surface area contributed by atoms with Crippen LogP contribution in [0.25, 0.3) is 0 Å². The second-order valence-corrected chi connectivity index (χ2v) is 10.1. The summed E-state index contributed by atoms with van der Waals surface area (Å²) in [4.78, 5) is 11.3. The van der Waals surface area contributed by atoms with Crippen molar-refractivity contribution >= 4 is 43.5 Å². The van der Waals surface area contributed by atoms with Gasteiger partial charge in [-0.1, -0.05) is 6.07 Å². The zero-order valence-corrected chi connectivity index (χ0v) is 18.6. The summed E-state index contributed by atoms with van der Waals surface area (Å²) in [6.07, 6.45) is 3.82. The van der Waals surface area contributed by atoms with Crippen LogP contribution in [0.4, 0.5) is 15.9 Å². The van der Waals surface area contributed by atoms with E-state index in [4.69, 9.17) is 0 Å². The lowest BCUT2D eigenvalue weighted by molar-refractivity contribution is 0.552. The highest BCUT2D eigenvalue weighted by molar-refractivity contribution is 9.10. The van der Waals surface area contributed by atoms with Gasteiger partial charge in [0, 0.05) is 19.3 Å². The maximum absolute atomic E-state index is 13.8. The van der Waals surface area contributed by atoms with Crippen molar-refractivity contribution < 1.29 is 8.60 Å². The number of hydrogen-bond acceptors (Lipinski definition) is 4. The number of benzene rings is 1. The molecule has 1 heterocycles. The molecule has 0 amide bonds. The lowest BCUT2D eigenvalue weighted by Crippen LogP contribution is -2.14. The van der Waals surface area contributed by atoms with Crippen LogP contribution in [0, 0.1) is 18.7 Å². The van der Waals surface area contributed by atoms with Crippen molar-refractivity contribution in [1.82, 2.24) is 9.88 Å². The smallest absolute Gasteiger partial charge is 0.176 e. The maximum Gasteiger partial charge on any atom is 0.176 e. The molecule has 1 fully saturated rings. The number of hydrogen-bond donors (Lipinski definition) is 0. The summed E-state index contributed by atoms with van der Waals surface area (Å²) in [5, 5.41) is 0. The van der Waals surface area contributed by atoms with E-state index in [9.17, 15) is 8.60 Å². The summed E-state index contributed by atoms with van der Waals surface area (Å²) in [6.45, 7) is 4.73. The van der Waals surface area contributed by atoms with E-state index in [1.807, 2.05) is 31.9 Å². The van der Waals surface area contributed by atoms with Gasteiger partial charge in [-0.25, -0.2) is 18.6 Å². The van der Waals surface area contributed by atoms with E-state index < -0.39 is 15.5 Å². The van der Waals surface area contributed by atoms with Crippen molar-refractivity contribution in [3.05, 3.63) is 46.3 Å². The molecule has 5 nitrogen and oxygen atoms in total. The lowest BCUT2D eigenvalue weighted by atomic mass is 10.3. The van der Waals surface area contributed by atoms with Gasteiger partial charge >= 0.3 is 0 Å². The molecule has 1 aliphatic rings. The van der Waals surface area contributed by atoms with Gasteiger partial charge in [0.2, 0.25) is 0 Å². The SMILES string of the molecule is CCN(C)C=Nc1cc(Br)c(N=S(=O)(CC2CC2)c2cccc(F)c2)nc1C. The molecule has 1 aromatic heterocycles. The minimum absolute atomic E-state index is 0.357. The van der Waals surface area contributed by atoms with Crippen molar-refractivity contribution in [2.75, 3.05) is 19.3 Å². The van der Waals surface area contributed by atoms with Crippen molar-refractivity contribution in [2.45, 2.75) is 31.6 Å². The van der Waals surface area contributed by atoms with Crippen LogP contribution in [0.15, 0.2) is 49.1 Å². The van der Waals surface area contributed by atoms with Gasteiger partial charge in [0.25, 0.3) is 0 Å². The normalized spacial score (nSPS) is 16.2. The molecular formula is C20H24BrFN4OS. The van der Waals surface area contributed by atoms with Crippen LogP contribution in [-0.4, -0.2) is 39.8 Å². The highest BCUT2D eigenvalue weighted by Gasteiger charge is 2.28. The first-order chi connectivity index (χ1) is 13.3. The number of nitrogens with zero attached hydrogens (tertiary/aromatic N) is 4. The Balaban J connectivity index is 2.04. The zero-order chi connectivity index (χ0) is 20.3. The Morgan fingerprint density at radius 1 is 1.39 bits per heavy atom. The zero-order valence-electron chi connectivity index (χ0n) is 16.2. The second-order valence-electron chi connectivity index (χ2n) is 7.02. The molecule has 1 unspecified atom stereocenters. The molecule has 2 aromatic rings. The van der Waals surface area contributed by atoms with Crippen LogP contribution >= 0.6 is 15.9 Å². The molecule has 3 rings (SSSR count). The van der Waals surface area contributed by atoms with Crippen LogP contribution in [0.5, 0.6) is 0 Å². The minimum Gasteiger partial charge on any atom is -0.366 e. The van der Waals surface area contributed by atoms with E-state index in [1.165, 1.54) is 12.1 Å². The molecule has 150 valence electrons. The summed E-state index contributed by atoms with van der Waals surface area (Å²) in [7, 11) is -0.874. The Kier molecular flexibility index (Phi) is 6.50. The molecular weight excluding hydrogens is 443 g/mol. The Labute approximate surface area is 174 Å². The van der Waals surface area contributed by atoms with E-state index in [0.717, 1.165) is 19.4 Å². The number of aromatic nitrogens is 1. The Bertz CT molecular complexity index is 1010. The lowest BCUT2D eigenvalue weighted by Gasteiger charge is -2.12. The van der Waals surface area contributed by atoms with Crippen LogP contribution in [-0.2, 0) is 9.73 Å². The molecule has 0 radical (unpaired) electrons. The molecule has 0 saturated heterocycles. The van der Waals surface area contributed by atoms with E-state index >= 15 is 0 Å². The number of halogens is 2.